The Labute approximate surface area is 125 Å². The Bertz CT molecular complexity index is 767. The average Bonchev–Trinajstić information content (AvgIpc) is 2.94. The molecule has 4 nitrogen and oxygen atoms in total. The Hall–Kier alpha value is -1.37. The van der Waals surface area contributed by atoms with Crippen molar-refractivity contribution in [3.63, 3.8) is 0 Å². The van der Waals surface area contributed by atoms with Gasteiger partial charge in [-0.05, 0) is 40.2 Å². The monoisotopic (exact) mass is 355 g/mol. The molecule has 96 valence electrons. The Kier molecular flexibility index (Phi) is 3.30. The van der Waals surface area contributed by atoms with Crippen LogP contribution >= 0.6 is 38.9 Å². The lowest BCUT2D eigenvalue weighted by molar-refractivity contribution is 0.102. The summed E-state index contributed by atoms with van der Waals surface area (Å²) in [6, 6.07) is 7.14. The van der Waals surface area contributed by atoms with E-state index in [1.165, 1.54) is 11.3 Å². The Morgan fingerprint density at radius 3 is 3.00 bits per heavy atom. The van der Waals surface area contributed by atoms with Crippen LogP contribution in [0, 0.1) is 0 Å². The van der Waals surface area contributed by atoms with Crippen LogP contribution in [0.15, 0.2) is 34.9 Å². The number of anilines is 1. The highest BCUT2D eigenvalue weighted by atomic mass is 79.9. The van der Waals surface area contributed by atoms with E-state index in [0.717, 1.165) is 14.7 Å². The Morgan fingerprint density at radius 2 is 2.26 bits per heavy atom. The minimum Gasteiger partial charge on any atom is -0.356 e. The number of rotatable bonds is 2. The van der Waals surface area contributed by atoms with E-state index in [2.05, 4.69) is 31.2 Å². The molecule has 0 unspecified atom stereocenters. The van der Waals surface area contributed by atoms with Crippen LogP contribution in [0.3, 0.4) is 0 Å². The zero-order valence-electron chi connectivity index (χ0n) is 9.41. The molecule has 0 aliphatic rings. The molecule has 2 heterocycles. The fourth-order valence-electron chi connectivity index (χ4n) is 1.62. The molecule has 19 heavy (non-hydrogen) atoms. The second-order valence-electron chi connectivity index (χ2n) is 3.82. The number of fused-ring (bicyclic) bond motifs is 1. The van der Waals surface area contributed by atoms with Gasteiger partial charge < -0.3 is 4.98 Å². The molecule has 0 radical (unpaired) electrons. The van der Waals surface area contributed by atoms with Crippen LogP contribution in [-0.2, 0) is 0 Å². The Morgan fingerprint density at radius 1 is 1.42 bits per heavy atom. The number of aromatic nitrogens is 2. The summed E-state index contributed by atoms with van der Waals surface area (Å²) < 4.78 is 1.77. The van der Waals surface area contributed by atoms with E-state index in [1.807, 2.05) is 12.1 Å². The van der Waals surface area contributed by atoms with Crippen molar-refractivity contribution in [1.29, 1.82) is 0 Å². The van der Waals surface area contributed by atoms with Crippen molar-refractivity contribution in [3.05, 3.63) is 45.7 Å². The third-order valence-corrected chi connectivity index (χ3v) is 4.09. The molecule has 0 fully saturated rings. The van der Waals surface area contributed by atoms with Gasteiger partial charge in [-0.25, -0.2) is 4.98 Å². The number of aromatic amines is 1. The second kappa shape index (κ2) is 4.96. The number of hydrogen-bond acceptors (Lipinski definition) is 3. The number of amides is 1. The number of H-pyrrole nitrogens is 1. The fourth-order valence-corrected chi connectivity index (χ4v) is 3.10. The van der Waals surface area contributed by atoms with E-state index in [0.29, 0.717) is 15.8 Å². The zero-order valence-corrected chi connectivity index (χ0v) is 12.6. The number of thiazole rings is 1. The molecule has 0 spiro atoms. The number of carbonyl (C=O) groups is 1. The van der Waals surface area contributed by atoms with E-state index < -0.39 is 0 Å². The molecule has 0 atom stereocenters. The number of nitrogens with one attached hydrogen (secondary N) is 2. The highest BCUT2D eigenvalue weighted by Crippen LogP contribution is 2.28. The van der Waals surface area contributed by atoms with Crippen LogP contribution in [-0.4, -0.2) is 15.9 Å². The number of hydrogen-bond donors (Lipinski definition) is 2. The Balaban J connectivity index is 1.87. The highest BCUT2D eigenvalue weighted by molar-refractivity contribution is 9.10. The van der Waals surface area contributed by atoms with Crippen molar-refractivity contribution in [2.45, 2.75) is 0 Å². The molecule has 1 aromatic carbocycles. The molecular formula is C12H7BrClN3OS. The zero-order chi connectivity index (χ0) is 13.4. The summed E-state index contributed by atoms with van der Waals surface area (Å²) in [5.74, 6) is -0.226. The lowest BCUT2D eigenvalue weighted by Gasteiger charge is -1.97. The van der Waals surface area contributed by atoms with E-state index in [-0.39, 0.29) is 5.91 Å². The van der Waals surface area contributed by atoms with Gasteiger partial charge >= 0.3 is 0 Å². The van der Waals surface area contributed by atoms with Gasteiger partial charge in [0, 0.05) is 15.7 Å². The molecule has 0 aliphatic heterocycles. The summed E-state index contributed by atoms with van der Waals surface area (Å²) in [6.45, 7) is 0. The second-order valence-corrected chi connectivity index (χ2v) is 6.20. The molecule has 3 aromatic rings. The lowest BCUT2D eigenvalue weighted by atomic mass is 10.3. The standard InChI is InChI=1S/C12H7BrClN3OS/c13-6-3-9(15-5-6)11(18)17-12-16-8-2-1-7(14)4-10(8)19-12/h1-5,15H,(H,16,17,18). The van der Waals surface area contributed by atoms with Gasteiger partial charge in [0.05, 0.1) is 10.2 Å². The third kappa shape index (κ3) is 2.65. The van der Waals surface area contributed by atoms with E-state index in [1.54, 1.807) is 18.3 Å². The highest BCUT2D eigenvalue weighted by Gasteiger charge is 2.11. The van der Waals surface area contributed by atoms with Gasteiger partial charge in [0.2, 0.25) is 0 Å². The minimum atomic E-state index is -0.226. The molecule has 2 aromatic heterocycles. The first-order valence-corrected chi connectivity index (χ1v) is 7.32. The number of nitrogens with zero attached hydrogens (tertiary/aromatic N) is 1. The topological polar surface area (TPSA) is 57.8 Å². The van der Waals surface area contributed by atoms with Crippen molar-refractivity contribution in [2.24, 2.45) is 0 Å². The summed E-state index contributed by atoms with van der Waals surface area (Å²) in [5, 5.41) is 3.96. The summed E-state index contributed by atoms with van der Waals surface area (Å²) in [7, 11) is 0. The maximum Gasteiger partial charge on any atom is 0.273 e. The van der Waals surface area contributed by atoms with Gasteiger partial charge in [-0.2, -0.15) is 0 Å². The lowest BCUT2D eigenvalue weighted by Crippen LogP contribution is -2.11. The number of carbonyl (C=O) groups excluding carboxylic acids is 1. The average molecular weight is 357 g/mol. The van der Waals surface area contributed by atoms with Crippen LogP contribution in [0.2, 0.25) is 5.02 Å². The van der Waals surface area contributed by atoms with E-state index >= 15 is 0 Å². The van der Waals surface area contributed by atoms with Crippen molar-refractivity contribution in [3.8, 4) is 0 Å². The van der Waals surface area contributed by atoms with Crippen molar-refractivity contribution in [2.75, 3.05) is 5.32 Å². The van der Waals surface area contributed by atoms with Crippen LogP contribution in [0.1, 0.15) is 10.5 Å². The van der Waals surface area contributed by atoms with E-state index in [4.69, 9.17) is 11.6 Å². The molecule has 0 aliphatic carbocycles. The maximum atomic E-state index is 11.9. The maximum absolute atomic E-state index is 11.9. The normalized spacial score (nSPS) is 10.8. The largest absolute Gasteiger partial charge is 0.356 e. The third-order valence-electron chi connectivity index (χ3n) is 2.46. The number of halogens is 2. The quantitative estimate of drug-likeness (QED) is 0.719. The molecular weight excluding hydrogens is 350 g/mol. The fraction of sp³-hybridized carbons (Fsp3) is 0. The molecule has 0 saturated carbocycles. The summed E-state index contributed by atoms with van der Waals surface area (Å²) in [5.41, 5.74) is 1.29. The van der Waals surface area contributed by atoms with Crippen molar-refractivity contribution >= 4 is 60.1 Å². The van der Waals surface area contributed by atoms with E-state index in [9.17, 15) is 4.79 Å². The predicted octanol–water partition coefficient (Wildman–Crippen LogP) is 4.29. The van der Waals surface area contributed by atoms with Gasteiger partial charge in [-0.3, -0.25) is 10.1 Å². The summed E-state index contributed by atoms with van der Waals surface area (Å²) in [6.07, 6.45) is 1.70. The number of benzene rings is 1. The first-order chi connectivity index (χ1) is 9.11. The predicted molar refractivity (Wildman–Crippen MR) is 81.1 cm³/mol. The summed E-state index contributed by atoms with van der Waals surface area (Å²) >= 11 is 10.6. The molecule has 1 amide bonds. The van der Waals surface area contributed by atoms with Crippen LogP contribution in [0.5, 0.6) is 0 Å². The molecule has 3 rings (SSSR count). The van der Waals surface area contributed by atoms with Crippen LogP contribution < -0.4 is 5.32 Å². The molecule has 0 saturated heterocycles. The van der Waals surface area contributed by atoms with Gasteiger partial charge in [0.25, 0.3) is 5.91 Å². The van der Waals surface area contributed by atoms with Gasteiger partial charge in [-0.1, -0.05) is 22.9 Å². The van der Waals surface area contributed by atoms with Crippen molar-refractivity contribution < 1.29 is 4.79 Å². The smallest absolute Gasteiger partial charge is 0.273 e. The first-order valence-electron chi connectivity index (χ1n) is 5.33. The SMILES string of the molecule is O=C(Nc1nc2ccc(Cl)cc2s1)c1cc(Br)c[nH]1. The molecule has 2 N–H and O–H groups in total. The minimum absolute atomic E-state index is 0.226. The first kappa shape index (κ1) is 12.7. The molecule has 7 heteroatoms. The van der Waals surface area contributed by atoms with Crippen LogP contribution in [0.25, 0.3) is 10.2 Å². The van der Waals surface area contributed by atoms with Crippen LogP contribution in [0.4, 0.5) is 5.13 Å². The van der Waals surface area contributed by atoms with Gasteiger partial charge in [-0.15, -0.1) is 0 Å². The molecule has 0 bridgehead atoms. The summed E-state index contributed by atoms with van der Waals surface area (Å²) in [4.78, 5) is 19.1. The van der Waals surface area contributed by atoms with Gasteiger partial charge in [0.1, 0.15) is 5.69 Å². The van der Waals surface area contributed by atoms with Gasteiger partial charge in [0.15, 0.2) is 5.13 Å². The van der Waals surface area contributed by atoms with Crippen molar-refractivity contribution in [1.82, 2.24) is 9.97 Å².